The smallest absolute Gasteiger partial charge is 0.0886 e. The molecule has 76 valence electrons. The van der Waals surface area contributed by atoms with E-state index in [-0.39, 0.29) is 6.10 Å². The van der Waals surface area contributed by atoms with Gasteiger partial charge in [-0.2, -0.15) is 0 Å². The molecule has 0 saturated carbocycles. The van der Waals surface area contributed by atoms with Crippen LogP contribution in [0.1, 0.15) is 25.3 Å². The fraction of sp³-hybridized carbons (Fsp3) is 0.417. The first kappa shape index (κ1) is 10.9. The molecule has 2 heteroatoms. The van der Waals surface area contributed by atoms with Crippen LogP contribution in [0, 0.1) is 0 Å². The van der Waals surface area contributed by atoms with E-state index in [1.807, 2.05) is 37.3 Å². The zero-order valence-corrected chi connectivity index (χ0v) is 8.56. The Kier molecular flexibility index (Phi) is 4.94. The highest BCUT2D eigenvalue weighted by Crippen LogP contribution is 2.00. The van der Waals surface area contributed by atoms with Crippen molar-refractivity contribution in [3.63, 3.8) is 0 Å². The van der Waals surface area contributed by atoms with Crippen LogP contribution >= 0.6 is 0 Å². The topological polar surface area (TPSA) is 32.6 Å². The monoisotopic (exact) mass is 191 g/mol. The predicted octanol–water partition coefficient (Wildman–Crippen LogP) is 2.42. The van der Waals surface area contributed by atoms with Crippen LogP contribution < -0.4 is 0 Å². The van der Waals surface area contributed by atoms with Crippen molar-refractivity contribution >= 4 is 6.21 Å². The van der Waals surface area contributed by atoms with Crippen LogP contribution in [0.2, 0.25) is 0 Å². The molecule has 0 bridgehead atoms. The van der Waals surface area contributed by atoms with Crippen molar-refractivity contribution in [2.45, 2.75) is 32.4 Å². The Labute approximate surface area is 85.3 Å². The highest BCUT2D eigenvalue weighted by Gasteiger charge is 1.95. The van der Waals surface area contributed by atoms with E-state index in [1.54, 1.807) is 6.21 Å². The van der Waals surface area contributed by atoms with Gasteiger partial charge in [-0.1, -0.05) is 43.7 Å². The van der Waals surface area contributed by atoms with Gasteiger partial charge in [0.05, 0.1) is 12.6 Å². The summed E-state index contributed by atoms with van der Waals surface area (Å²) in [5, 5.41) is 9.38. The van der Waals surface area contributed by atoms with Crippen LogP contribution in [0.3, 0.4) is 0 Å². The molecule has 1 N–H and O–H groups in total. The van der Waals surface area contributed by atoms with Gasteiger partial charge in [-0.15, -0.1) is 0 Å². The molecule has 0 heterocycles. The Morgan fingerprint density at radius 3 is 2.71 bits per heavy atom. The lowest BCUT2D eigenvalue weighted by Crippen LogP contribution is -2.06. The van der Waals surface area contributed by atoms with E-state index in [0.717, 1.165) is 12.8 Å². The lowest BCUT2D eigenvalue weighted by Gasteiger charge is -2.01. The van der Waals surface area contributed by atoms with Crippen LogP contribution in [0.4, 0.5) is 0 Å². The molecule has 0 aromatic heterocycles. The van der Waals surface area contributed by atoms with Gasteiger partial charge in [-0.25, -0.2) is 0 Å². The largest absolute Gasteiger partial charge is 0.387 e. The minimum absolute atomic E-state index is 0.385. The van der Waals surface area contributed by atoms with Gasteiger partial charge in [0.2, 0.25) is 0 Å². The van der Waals surface area contributed by atoms with Crippen LogP contribution in [-0.4, -0.2) is 17.4 Å². The minimum Gasteiger partial charge on any atom is -0.387 e. The van der Waals surface area contributed by atoms with Crippen LogP contribution in [0.15, 0.2) is 35.3 Å². The highest BCUT2D eigenvalue weighted by atomic mass is 16.3. The van der Waals surface area contributed by atoms with E-state index in [2.05, 4.69) is 4.99 Å². The number of aliphatic hydroxyl groups is 1. The number of hydrogen-bond donors (Lipinski definition) is 1. The van der Waals surface area contributed by atoms with Crippen molar-refractivity contribution < 1.29 is 5.11 Å². The molecule has 0 aliphatic heterocycles. The second kappa shape index (κ2) is 6.33. The Hall–Kier alpha value is -1.15. The van der Waals surface area contributed by atoms with E-state index in [0.29, 0.717) is 6.54 Å². The fourth-order valence-corrected chi connectivity index (χ4v) is 1.23. The van der Waals surface area contributed by atoms with Gasteiger partial charge in [0.1, 0.15) is 0 Å². The maximum atomic E-state index is 9.38. The molecule has 1 aromatic rings. The number of rotatable bonds is 5. The number of aliphatic imine (C=N–C) groups is 1. The molecule has 0 spiro atoms. The lowest BCUT2D eigenvalue weighted by atomic mass is 10.2. The predicted molar refractivity (Wildman–Crippen MR) is 59.6 cm³/mol. The summed E-state index contributed by atoms with van der Waals surface area (Å²) in [5.41, 5.74) is 1.17. The molecular formula is C12H17NO. The third kappa shape index (κ3) is 4.19. The molecule has 2 nitrogen and oxygen atoms in total. The first-order chi connectivity index (χ1) is 6.83. The average Bonchev–Trinajstić information content (AvgIpc) is 2.20. The Balaban J connectivity index is 2.33. The summed E-state index contributed by atoms with van der Waals surface area (Å²) in [6, 6.07) is 10.0. The van der Waals surface area contributed by atoms with E-state index >= 15 is 0 Å². The van der Waals surface area contributed by atoms with Gasteiger partial charge in [-0.05, 0) is 12.0 Å². The van der Waals surface area contributed by atoms with Gasteiger partial charge < -0.3 is 5.11 Å². The van der Waals surface area contributed by atoms with Crippen molar-refractivity contribution in [1.29, 1.82) is 0 Å². The molecule has 0 aliphatic rings. The van der Waals surface area contributed by atoms with Gasteiger partial charge in [0.15, 0.2) is 0 Å². The molecule has 1 rings (SSSR count). The molecule has 1 aromatic carbocycles. The molecule has 0 fully saturated rings. The molecule has 0 amide bonds. The molecule has 14 heavy (non-hydrogen) atoms. The van der Waals surface area contributed by atoms with Crippen molar-refractivity contribution in [2.75, 3.05) is 0 Å². The van der Waals surface area contributed by atoms with Gasteiger partial charge in [-0.3, -0.25) is 4.99 Å². The van der Waals surface area contributed by atoms with Crippen molar-refractivity contribution in [2.24, 2.45) is 4.99 Å². The van der Waals surface area contributed by atoms with Crippen molar-refractivity contribution in [3.8, 4) is 0 Å². The lowest BCUT2D eigenvalue weighted by molar-refractivity contribution is 0.234. The number of hydrogen-bond acceptors (Lipinski definition) is 2. The van der Waals surface area contributed by atoms with Gasteiger partial charge in [0, 0.05) is 6.21 Å². The van der Waals surface area contributed by atoms with Crippen LogP contribution in [-0.2, 0) is 6.54 Å². The second-order valence-electron chi connectivity index (χ2n) is 3.33. The van der Waals surface area contributed by atoms with E-state index in [9.17, 15) is 5.11 Å². The first-order valence-corrected chi connectivity index (χ1v) is 5.05. The molecule has 0 radical (unpaired) electrons. The molecule has 0 unspecified atom stereocenters. The zero-order chi connectivity index (χ0) is 10.2. The van der Waals surface area contributed by atoms with E-state index < -0.39 is 0 Å². The maximum Gasteiger partial charge on any atom is 0.0886 e. The number of benzene rings is 1. The Morgan fingerprint density at radius 1 is 1.36 bits per heavy atom. The first-order valence-electron chi connectivity index (χ1n) is 5.05. The Bertz CT molecular complexity index is 269. The summed E-state index contributed by atoms with van der Waals surface area (Å²) >= 11 is 0. The summed E-state index contributed by atoms with van der Waals surface area (Å²) in [6.07, 6.45) is 3.02. The van der Waals surface area contributed by atoms with E-state index in [1.165, 1.54) is 5.56 Å². The summed E-state index contributed by atoms with van der Waals surface area (Å²) < 4.78 is 0. The number of nitrogens with zero attached hydrogens (tertiary/aromatic N) is 1. The standard InChI is InChI=1S/C12H17NO/c1-2-6-12(14)10-13-9-11-7-4-3-5-8-11/h3-5,7-8,10,12,14H,2,6,9H2,1H3/t12-/m1/s1. The molecular weight excluding hydrogens is 174 g/mol. The van der Waals surface area contributed by atoms with Crippen LogP contribution in [0.5, 0.6) is 0 Å². The summed E-state index contributed by atoms with van der Waals surface area (Å²) in [5.74, 6) is 0. The zero-order valence-electron chi connectivity index (χ0n) is 8.56. The highest BCUT2D eigenvalue weighted by molar-refractivity contribution is 5.62. The molecule has 0 saturated heterocycles. The second-order valence-corrected chi connectivity index (χ2v) is 3.33. The van der Waals surface area contributed by atoms with Gasteiger partial charge in [0.25, 0.3) is 0 Å². The summed E-state index contributed by atoms with van der Waals surface area (Å²) in [7, 11) is 0. The third-order valence-corrected chi connectivity index (χ3v) is 1.98. The number of aliphatic hydroxyl groups excluding tert-OH is 1. The SMILES string of the molecule is CCC[C@@H](O)C=NCc1ccccc1. The maximum absolute atomic E-state index is 9.38. The normalized spacial score (nSPS) is 13.3. The average molecular weight is 191 g/mol. The quantitative estimate of drug-likeness (QED) is 0.712. The fourth-order valence-electron chi connectivity index (χ4n) is 1.23. The van der Waals surface area contributed by atoms with Gasteiger partial charge >= 0.3 is 0 Å². The van der Waals surface area contributed by atoms with Crippen LogP contribution in [0.25, 0.3) is 0 Å². The van der Waals surface area contributed by atoms with E-state index in [4.69, 9.17) is 0 Å². The summed E-state index contributed by atoms with van der Waals surface area (Å²) in [4.78, 5) is 4.19. The van der Waals surface area contributed by atoms with Crippen molar-refractivity contribution in [1.82, 2.24) is 0 Å². The minimum atomic E-state index is -0.385. The third-order valence-electron chi connectivity index (χ3n) is 1.98. The van der Waals surface area contributed by atoms with Crippen molar-refractivity contribution in [3.05, 3.63) is 35.9 Å². The molecule has 0 aliphatic carbocycles. The molecule has 1 atom stereocenters. The summed E-state index contributed by atoms with van der Waals surface area (Å²) in [6.45, 7) is 2.70. The Morgan fingerprint density at radius 2 is 2.07 bits per heavy atom.